The molecule has 0 fully saturated rings. The Hall–Kier alpha value is -1.79. The summed E-state index contributed by atoms with van der Waals surface area (Å²) in [5.74, 6) is 2.19. The van der Waals surface area contributed by atoms with E-state index >= 15 is 0 Å². The van der Waals surface area contributed by atoms with Crippen LogP contribution >= 0.6 is 15.9 Å². The minimum atomic E-state index is -0.164. The Morgan fingerprint density at radius 2 is 1.96 bits per heavy atom. The Balaban J connectivity index is 1.83. The number of halogens is 1. The predicted molar refractivity (Wildman–Crippen MR) is 92.5 cm³/mol. The Labute approximate surface area is 144 Å². The fourth-order valence-electron chi connectivity index (χ4n) is 2.11. The van der Waals surface area contributed by atoms with Crippen LogP contribution < -0.4 is 10.1 Å². The van der Waals surface area contributed by atoms with Crippen molar-refractivity contribution in [3.05, 3.63) is 52.4 Å². The Kier molecular flexibility index (Phi) is 6.24. The van der Waals surface area contributed by atoms with Crippen molar-refractivity contribution >= 4 is 21.8 Å². The molecule has 0 unspecified atom stereocenters. The standard InChI is InChI=1S/C17H21BrN2O3/c1-12-4-9-16(23-12)15(20(2)3)10-19-17(21)11-22-14-7-5-13(18)6-8-14/h4-9,15H,10-11H2,1-3H3,(H,19,21)/t15-/m1/s1. The van der Waals surface area contributed by atoms with Crippen molar-refractivity contribution in [1.82, 2.24) is 10.2 Å². The molecule has 0 aliphatic rings. The Morgan fingerprint density at radius 1 is 1.26 bits per heavy atom. The van der Waals surface area contributed by atoms with Crippen LogP contribution in [0.25, 0.3) is 0 Å². The Morgan fingerprint density at radius 3 is 2.52 bits per heavy atom. The number of amides is 1. The summed E-state index contributed by atoms with van der Waals surface area (Å²) in [4.78, 5) is 14.0. The molecule has 1 amide bonds. The summed E-state index contributed by atoms with van der Waals surface area (Å²) in [6.45, 7) is 2.35. The van der Waals surface area contributed by atoms with Gasteiger partial charge in [0.05, 0.1) is 6.04 Å². The molecule has 23 heavy (non-hydrogen) atoms. The fourth-order valence-corrected chi connectivity index (χ4v) is 2.38. The van der Waals surface area contributed by atoms with Crippen molar-refractivity contribution in [2.24, 2.45) is 0 Å². The molecule has 0 aliphatic carbocycles. The Bertz CT molecular complexity index is 638. The molecule has 1 heterocycles. The van der Waals surface area contributed by atoms with Gasteiger partial charge in [0.25, 0.3) is 5.91 Å². The van der Waals surface area contributed by atoms with Crippen LogP contribution in [0.5, 0.6) is 5.75 Å². The first kappa shape index (κ1) is 17.6. The van der Waals surface area contributed by atoms with Crippen LogP contribution in [0.15, 0.2) is 45.3 Å². The lowest BCUT2D eigenvalue weighted by molar-refractivity contribution is -0.123. The molecule has 1 atom stereocenters. The maximum absolute atomic E-state index is 12.0. The lowest BCUT2D eigenvalue weighted by Gasteiger charge is -2.22. The molecule has 0 saturated carbocycles. The molecular formula is C17H21BrN2O3. The third-order valence-electron chi connectivity index (χ3n) is 3.39. The average molecular weight is 381 g/mol. The summed E-state index contributed by atoms with van der Waals surface area (Å²) in [7, 11) is 3.90. The minimum absolute atomic E-state index is 0.0136. The van der Waals surface area contributed by atoms with Crippen molar-refractivity contribution < 1.29 is 13.9 Å². The number of hydrogen-bond acceptors (Lipinski definition) is 4. The van der Waals surface area contributed by atoms with Gasteiger partial charge in [-0.3, -0.25) is 9.69 Å². The molecule has 0 aliphatic heterocycles. The molecule has 1 aromatic carbocycles. The molecule has 6 heteroatoms. The zero-order valence-corrected chi connectivity index (χ0v) is 15.1. The van der Waals surface area contributed by atoms with Crippen LogP contribution in [-0.4, -0.2) is 38.1 Å². The van der Waals surface area contributed by atoms with E-state index in [0.717, 1.165) is 16.0 Å². The van der Waals surface area contributed by atoms with E-state index in [4.69, 9.17) is 9.15 Å². The van der Waals surface area contributed by atoms with Gasteiger partial charge in [0.1, 0.15) is 17.3 Å². The van der Waals surface area contributed by atoms with E-state index < -0.39 is 0 Å². The molecular weight excluding hydrogens is 360 g/mol. The lowest BCUT2D eigenvalue weighted by Crippen LogP contribution is -2.36. The monoisotopic (exact) mass is 380 g/mol. The molecule has 1 N–H and O–H groups in total. The first-order valence-electron chi connectivity index (χ1n) is 7.33. The number of ether oxygens (including phenoxy) is 1. The summed E-state index contributed by atoms with van der Waals surface area (Å²) < 4.78 is 12.1. The fraction of sp³-hybridized carbons (Fsp3) is 0.353. The molecule has 0 saturated heterocycles. The van der Waals surface area contributed by atoms with Gasteiger partial charge in [-0.1, -0.05) is 15.9 Å². The van der Waals surface area contributed by atoms with Gasteiger partial charge < -0.3 is 14.5 Å². The van der Waals surface area contributed by atoms with Gasteiger partial charge in [-0.05, 0) is 57.4 Å². The highest BCUT2D eigenvalue weighted by Crippen LogP contribution is 2.20. The highest BCUT2D eigenvalue weighted by Gasteiger charge is 2.18. The molecule has 0 spiro atoms. The largest absolute Gasteiger partial charge is 0.484 e. The highest BCUT2D eigenvalue weighted by atomic mass is 79.9. The third kappa shape index (κ3) is 5.41. The molecule has 0 bridgehead atoms. The second-order valence-electron chi connectivity index (χ2n) is 5.47. The quantitative estimate of drug-likeness (QED) is 0.801. The number of nitrogens with zero attached hydrogens (tertiary/aromatic N) is 1. The van der Waals surface area contributed by atoms with E-state index in [0.29, 0.717) is 12.3 Å². The predicted octanol–water partition coefficient (Wildman–Crippen LogP) is 3.15. The minimum Gasteiger partial charge on any atom is -0.484 e. The van der Waals surface area contributed by atoms with Gasteiger partial charge in [0.15, 0.2) is 6.61 Å². The smallest absolute Gasteiger partial charge is 0.258 e. The second kappa shape index (κ2) is 8.17. The number of furan rings is 1. The number of likely N-dealkylation sites (N-methyl/N-ethyl adjacent to an activating group) is 1. The SMILES string of the molecule is Cc1ccc([C@@H](CNC(=O)COc2ccc(Br)cc2)N(C)C)o1. The summed E-state index contributed by atoms with van der Waals surface area (Å²) in [6.07, 6.45) is 0. The summed E-state index contributed by atoms with van der Waals surface area (Å²) in [5, 5.41) is 2.88. The number of rotatable bonds is 7. The van der Waals surface area contributed by atoms with E-state index in [1.165, 1.54) is 0 Å². The number of carbonyl (C=O) groups is 1. The van der Waals surface area contributed by atoms with Crippen molar-refractivity contribution in [1.29, 1.82) is 0 Å². The van der Waals surface area contributed by atoms with Crippen LogP contribution in [0, 0.1) is 6.92 Å². The van der Waals surface area contributed by atoms with Crippen molar-refractivity contribution in [2.75, 3.05) is 27.2 Å². The van der Waals surface area contributed by atoms with E-state index in [1.807, 2.05) is 62.3 Å². The number of benzene rings is 1. The van der Waals surface area contributed by atoms with Gasteiger partial charge >= 0.3 is 0 Å². The van der Waals surface area contributed by atoms with Crippen LogP contribution in [0.2, 0.25) is 0 Å². The van der Waals surface area contributed by atoms with Gasteiger partial charge in [-0.15, -0.1) is 0 Å². The lowest BCUT2D eigenvalue weighted by atomic mass is 10.2. The van der Waals surface area contributed by atoms with Gasteiger partial charge in [-0.2, -0.15) is 0 Å². The van der Waals surface area contributed by atoms with E-state index in [1.54, 1.807) is 0 Å². The zero-order valence-electron chi connectivity index (χ0n) is 13.5. The average Bonchev–Trinajstić information content (AvgIpc) is 2.93. The number of nitrogens with one attached hydrogen (secondary N) is 1. The van der Waals surface area contributed by atoms with Gasteiger partial charge in [0, 0.05) is 11.0 Å². The van der Waals surface area contributed by atoms with Gasteiger partial charge in [0.2, 0.25) is 0 Å². The van der Waals surface area contributed by atoms with E-state index in [9.17, 15) is 4.79 Å². The molecule has 1 aromatic heterocycles. The van der Waals surface area contributed by atoms with Crippen molar-refractivity contribution in [3.63, 3.8) is 0 Å². The number of hydrogen-bond donors (Lipinski definition) is 1. The van der Waals surface area contributed by atoms with E-state index in [2.05, 4.69) is 21.2 Å². The first-order valence-corrected chi connectivity index (χ1v) is 8.13. The topological polar surface area (TPSA) is 54.7 Å². The zero-order chi connectivity index (χ0) is 16.8. The van der Waals surface area contributed by atoms with Crippen molar-refractivity contribution in [2.45, 2.75) is 13.0 Å². The maximum atomic E-state index is 12.0. The normalized spacial score (nSPS) is 12.2. The summed E-state index contributed by atoms with van der Waals surface area (Å²) in [6, 6.07) is 11.2. The molecule has 0 radical (unpaired) electrons. The molecule has 124 valence electrons. The van der Waals surface area contributed by atoms with Crippen LogP contribution in [0.1, 0.15) is 17.6 Å². The first-order chi connectivity index (χ1) is 11.0. The van der Waals surface area contributed by atoms with Crippen molar-refractivity contribution in [3.8, 4) is 5.75 Å². The highest BCUT2D eigenvalue weighted by molar-refractivity contribution is 9.10. The molecule has 2 aromatic rings. The van der Waals surface area contributed by atoms with Crippen LogP contribution in [-0.2, 0) is 4.79 Å². The van der Waals surface area contributed by atoms with Crippen LogP contribution in [0.4, 0.5) is 0 Å². The second-order valence-corrected chi connectivity index (χ2v) is 6.39. The van der Waals surface area contributed by atoms with Crippen LogP contribution in [0.3, 0.4) is 0 Å². The number of carbonyl (C=O) groups excluding carboxylic acids is 1. The summed E-state index contributed by atoms with van der Waals surface area (Å²) in [5.41, 5.74) is 0. The third-order valence-corrected chi connectivity index (χ3v) is 3.92. The van der Waals surface area contributed by atoms with E-state index in [-0.39, 0.29) is 18.6 Å². The molecule has 5 nitrogen and oxygen atoms in total. The maximum Gasteiger partial charge on any atom is 0.258 e. The molecule has 2 rings (SSSR count). The summed E-state index contributed by atoms with van der Waals surface area (Å²) >= 11 is 3.36. The van der Waals surface area contributed by atoms with Gasteiger partial charge in [-0.25, -0.2) is 0 Å². The number of aryl methyl sites for hydroxylation is 1.